The van der Waals surface area contributed by atoms with Gasteiger partial charge < -0.3 is 19.5 Å². The van der Waals surface area contributed by atoms with E-state index in [0.717, 1.165) is 28.5 Å². The van der Waals surface area contributed by atoms with Crippen LogP contribution in [0, 0.1) is 12.7 Å². The van der Waals surface area contributed by atoms with E-state index in [9.17, 15) is 9.18 Å². The fraction of sp³-hybridized carbons (Fsp3) is 0.133. The normalized spacial score (nSPS) is 14.4. The van der Waals surface area contributed by atoms with Gasteiger partial charge in [0.25, 0.3) is 0 Å². The molecule has 1 atom stereocenters. The summed E-state index contributed by atoms with van der Waals surface area (Å²) < 4.78 is 23.9. The van der Waals surface area contributed by atoms with Crippen LogP contribution in [0.1, 0.15) is 28.6 Å². The molecule has 0 fully saturated rings. The molecule has 0 radical (unpaired) electrons. The number of urea groups is 1. The van der Waals surface area contributed by atoms with Gasteiger partial charge in [-0.05, 0) is 67.1 Å². The molecule has 0 aliphatic carbocycles. The van der Waals surface area contributed by atoms with Crippen LogP contribution in [-0.2, 0) is 6.54 Å². The number of carbonyl (C=O) groups excluding carboxylic acids is 1. The number of nitrogens with one attached hydrogen (secondary N) is 1. The average Bonchev–Trinajstić information content (AvgIpc) is 3.49. The second-order valence-electron chi connectivity index (χ2n) is 9.30. The quantitative estimate of drug-likeness (QED) is 0.269. The lowest BCUT2D eigenvalue weighted by atomic mass is 10.0. The molecule has 3 heterocycles. The monoisotopic (exact) mass is 541 g/mol. The van der Waals surface area contributed by atoms with E-state index in [0.29, 0.717) is 22.0 Å². The third-order valence-corrected chi connectivity index (χ3v) is 7.15. The van der Waals surface area contributed by atoms with Gasteiger partial charge in [-0.25, -0.2) is 13.9 Å². The van der Waals surface area contributed by atoms with Crippen LogP contribution in [0.5, 0.6) is 5.75 Å². The molecule has 3 aromatic carbocycles. The molecule has 0 saturated carbocycles. The van der Waals surface area contributed by atoms with E-state index >= 15 is 0 Å². The Bertz CT molecular complexity index is 1680. The van der Waals surface area contributed by atoms with Crippen molar-refractivity contribution in [1.82, 2.24) is 19.2 Å². The van der Waals surface area contributed by atoms with E-state index in [1.807, 2.05) is 70.9 Å². The highest BCUT2D eigenvalue weighted by atomic mass is 35.5. The van der Waals surface area contributed by atoms with Crippen LogP contribution in [-0.4, -0.2) is 32.4 Å². The first-order valence-corrected chi connectivity index (χ1v) is 12.8. The molecule has 0 bridgehead atoms. The Balaban J connectivity index is 1.54. The highest BCUT2D eigenvalue weighted by molar-refractivity contribution is 6.31. The maximum atomic E-state index is 14.5. The molecule has 196 valence electrons. The molecule has 0 spiro atoms. The fourth-order valence-electron chi connectivity index (χ4n) is 5.14. The lowest BCUT2D eigenvalue weighted by Gasteiger charge is -2.31. The number of ether oxygens (including phenoxy) is 1. The number of halogens is 2. The summed E-state index contributed by atoms with van der Waals surface area (Å²) in [6.45, 7) is 2.16. The number of fused-ring (bicyclic) bond motifs is 3. The average molecular weight is 542 g/mol. The molecule has 0 unspecified atom stereocenters. The predicted molar refractivity (Wildman–Crippen MR) is 148 cm³/mol. The Morgan fingerprint density at radius 1 is 1.05 bits per heavy atom. The van der Waals surface area contributed by atoms with Gasteiger partial charge in [-0.2, -0.15) is 5.10 Å². The van der Waals surface area contributed by atoms with Crippen molar-refractivity contribution in [2.24, 2.45) is 0 Å². The SMILES string of the molecule is COc1ccc(Cl)cc1NC(=O)N1Cc2c(C)nn(-c3ccccc3)c2-n2cccc2[C@@H]1c1cccc(F)c1. The molecule has 6 rings (SSSR count). The van der Waals surface area contributed by atoms with Crippen LogP contribution in [0.3, 0.4) is 0 Å². The number of hydrogen-bond acceptors (Lipinski definition) is 3. The summed E-state index contributed by atoms with van der Waals surface area (Å²) in [5.41, 5.74) is 4.43. The number of amides is 2. The van der Waals surface area contributed by atoms with Crippen LogP contribution < -0.4 is 10.1 Å². The number of hydrogen-bond donors (Lipinski definition) is 1. The van der Waals surface area contributed by atoms with Crippen LogP contribution in [0.25, 0.3) is 11.5 Å². The molecule has 7 nitrogen and oxygen atoms in total. The zero-order chi connectivity index (χ0) is 27.1. The van der Waals surface area contributed by atoms with Crippen molar-refractivity contribution in [2.75, 3.05) is 12.4 Å². The van der Waals surface area contributed by atoms with Gasteiger partial charge in [0.2, 0.25) is 0 Å². The van der Waals surface area contributed by atoms with E-state index in [1.54, 1.807) is 29.2 Å². The molecule has 2 amide bonds. The van der Waals surface area contributed by atoms with Gasteiger partial charge in [-0.3, -0.25) is 0 Å². The molecule has 39 heavy (non-hydrogen) atoms. The lowest BCUT2D eigenvalue weighted by Crippen LogP contribution is -2.38. The zero-order valence-corrected chi connectivity index (χ0v) is 22.1. The second kappa shape index (κ2) is 9.96. The molecule has 1 N–H and O–H groups in total. The van der Waals surface area contributed by atoms with Crippen LogP contribution in [0.4, 0.5) is 14.9 Å². The Labute approximate surface area is 230 Å². The summed E-state index contributed by atoms with van der Waals surface area (Å²) >= 11 is 6.24. The van der Waals surface area contributed by atoms with Crippen molar-refractivity contribution >= 4 is 23.3 Å². The predicted octanol–water partition coefficient (Wildman–Crippen LogP) is 6.91. The molecule has 1 aliphatic rings. The molecular weight excluding hydrogens is 517 g/mol. The highest BCUT2D eigenvalue weighted by Crippen LogP contribution is 2.39. The first-order chi connectivity index (χ1) is 18.9. The van der Waals surface area contributed by atoms with Crippen LogP contribution >= 0.6 is 11.6 Å². The van der Waals surface area contributed by atoms with E-state index in [-0.39, 0.29) is 12.4 Å². The number of nitrogens with zero attached hydrogens (tertiary/aromatic N) is 4. The van der Waals surface area contributed by atoms with E-state index in [2.05, 4.69) is 5.32 Å². The minimum atomic E-state index is -0.600. The number of benzene rings is 3. The molecule has 9 heteroatoms. The van der Waals surface area contributed by atoms with Crippen molar-refractivity contribution < 1.29 is 13.9 Å². The summed E-state index contributed by atoms with van der Waals surface area (Å²) in [7, 11) is 1.53. The summed E-state index contributed by atoms with van der Waals surface area (Å²) in [6, 6.07) is 24.1. The highest BCUT2D eigenvalue weighted by Gasteiger charge is 2.36. The Kier molecular flexibility index (Phi) is 6.32. The van der Waals surface area contributed by atoms with Crippen molar-refractivity contribution in [3.8, 4) is 17.3 Å². The zero-order valence-electron chi connectivity index (χ0n) is 21.3. The van der Waals surface area contributed by atoms with Crippen LogP contribution in [0.2, 0.25) is 5.02 Å². The molecular formula is C30H25ClFN5O2. The molecule has 0 saturated heterocycles. The van der Waals surface area contributed by atoms with Gasteiger partial charge in [-0.15, -0.1) is 0 Å². The summed E-state index contributed by atoms with van der Waals surface area (Å²) in [5.74, 6) is 0.925. The Morgan fingerprint density at radius 3 is 2.64 bits per heavy atom. The van der Waals surface area contributed by atoms with E-state index < -0.39 is 12.1 Å². The topological polar surface area (TPSA) is 64.3 Å². The van der Waals surface area contributed by atoms with Gasteiger partial charge >= 0.3 is 6.03 Å². The van der Waals surface area contributed by atoms with Gasteiger partial charge in [0.15, 0.2) is 0 Å². The maximum Gasteiger partial charge on any atom is 0.323 e. The lowest BCUT2D eigenvalue weighted by molar-refractivity contribution is 0.194. The smallest absolute Gasteiger partial charge is 0.323 e. The summed E-state index contributed by atoms with van der Waals surface area (Å²) in [5, 5.41) is 8.28. The number of aromatic nitrogens is 3. The number of aryl methyl sites for hydroxylation is 1. The van der Waals surface area contributed by atoms with Crippen molar-refractivity contribution in [3.63, 3.8) is 0 Å². The van der Waals surface area contributed by atoms with E-state index in [4.69, 9.17) is 21.4 Å². The van der Waals surface area contributed by atoms with Gasteiger partial charge in [0, 0.05) is 16.8 Å². The largest absolute Gasteiger partial charge is 0.495 e. The van der Waals surface area contributed by atoms with Crippen molar-refractivity contribution in [3.05, 3.63) is 124 Å². The number of methoxy groups -OCH3 is 1. The third-order valence-electron chi connectivity index (χ3n) is 6.92. The van der Waals surface area contributed by atoms with Crippen molar-refractivity contribution in [1.29, 1.82) is 0 Å². The second-order valence-corrected chi connectivity index (χ2v) is 9.73. The summed E-state index contributed by atoms with van der Waals surface area (Å²) in [6.07, 6.45) is 1.95. The van der Waals surface area contributed by atoms with Gasteiger partial charge in [-0.1, -0.05) is 41.9 Å². The Hall–Kier alpha value is -4.56. The molecule has 2 aromatic heterocycles. The number of para-hydroxylation sites is 1. The third kappa shape index (κ3) is 4.42. The number of rotatable bonds is 4. The first kappa shape index (κ1) is 24.8. The first-order valence-electron chi connectivity index (χ1n) is 12.4. The number of anilines is 1. The van der Waals surface area contributed by atoms with Crippen molar-refractivity contribution in [2.45, 2.75) is 19.5 Å². The van der Waals surface area contributed by atoms with Gasteiger partial charge in [0.05, 0.1) is 42.5 Å². The maximum absolute atomic E-state index is 14.5. The van der Waals surface area contributed by atoms with Gasteiger partial charge in [0.1, 0.15) is 17.4 Å². The standard InChI is InChI=1S/C30H25ClFN5O2/c1-19-24-18-36(30(38)33-25-17-21(31)13-14-27(25)39-2)28(20-8-6-9-22(32)16-20)26-12-7-15-35(26)29(24)37(34-19)23-10-4-3-5-11-23/h3-17,28H,18H2,1-2H3,(H,33,38)/t28-/m0/s1. The minimum Gasteiger partial charge on any atom is -0.495 e. The number of carbonyl (C=O) groups is 1. The molecule has 1 aliphatic heterocycles. The van der Waals surface area contributed by atoms with E-state index in [1.165, 1.54) is 19.2 Å². The summed E-state index contributed by atoms with van der Waals surface area (Å²) in [4.78, 5) is 15.8. The fourth-order valence-corrected chi connectivity index (χ4v) is 5.31. The Morgan fingerprint density at radius 2 is 1.87 bits per heavy atom. The minimum absolute atomic E-state index is 0.228. The van der Waals surface area contributed by atoms with Crippen LogP contribution in [0.15, 0.2) is 91.1 Å². The molecule has 5 aromatic rings.